The highest BCUT2D eigenvalue weighted by Gasteiger charge is 2.53. The maximum atomic E-state index is 12.5. The number of hydrogen-bond donors (Lipinski definition) is 1. The number of nitrogens with zero attached hydrogens (tertiary/aromatic N) is 3. The second-order valence-electron chi connectivity index (χ2n) is 7.81. The number of piperidine rings is 1. The van der Waals surface area contributed by atoms with Crippen molar-refractivity contribution in [1.82, 2.24) is 14.8 Å². The second-order valence-corrected chi connectivity index (χ2v) is 7.81. The molecule has 6 nitrogen and oxygen atoms in total. The fraction of sp³-hybridized carbons (Fsp3) is 0.632. The number of β-lactam (4-membered cyclic amide) rings is 1. The Morgan fingerprint density at radius 2 is 1.89 bits per heavy atom. The minimum Gasteiger partial charge on any atom is -0.475 e. The van der Waals surface area contributed by atoms with Crippen LogP contribution in [-0.2, 0) is 16.1 Å². The van der Waals surface area contributed by atoms with Gasteiger partial charge in [-0.3, -0.25) is 14.7 Å². The fourth-order valence-corrected chi connectivity index (χ4v) is 3.74. The largest absolute Gasteiger partial charge is 0.490 e. The molecule has 1 aliphatic carbocycles. The number of rotatable bonds is 4. The first-order valence-electron chi connectivity index (χ1n) is 9.41. The molecular weight excluding hydrogens is 375 g/mol. The van der Waals surface area contributed by atoms with E-state index in [1.165, 1.54) is 12.8 Å². The van der Waals surface area contributed by atoms with E-state index in [4.69, 9.17) is 9.90 Å². The highest BCUT2D eigenvalue weighted by Crippen LogP contribution is 2.44. The van der Waals surface area contributed by atoms with Gasteiger partial charge in [-0.25, -0.2) is 4.79 Å². The molecule has 1 saturated carbocycles. The molecule has 4 rings (SSSR count). The molecule has 3 aliphatic rings. The predicted molar refractivity (Wildman–Crippen MR) is 94.2 cm³/mol. The third-order valence-corrected chi connectivity index (χ3v) is 5.58. The zero-order valence-electron chi connectivity index (χ0n) is 15.5. The average molecular weight is 399 g/mol. The van der Waals surface area contributed by atoms with Crippen molar-refractivity contribution in [3.8, 4) is 0 Å². The molecule has 1 aromatic rings. The summed E-state index contributed by atoms with van der Waals surface area (Å²) in [6.07, 6.45) is 1.48. The van der Waals surface area contributed by atoms with Gasteiger partial charge in [0.25, 0.3) is 0 Å². The van der Waals surface area contributed by atoms with Crippen molar-refractivity contribution in [3.63, 3.8) is 0 Å². The van der Waals surface area contributed by atoms with Crippen LogP contribution >= 0.6 is 0 Å². The molecule has 1 aromatic heterocycles. The van der Waals surface area contributed by atoms with E-state index in [0.717, 1.165) is 57.2 Å². The van der Waals surface area contributed by atoms with Gasteiger partial charge in [-0.05, 0) is 56.8 Å². The zero-order valence-corrected chi connectivity index (χ0v) is 15.5. The van der Waals surface area contributed by atoms with Crippen molar-refractivity contribution in [2.24, 2.45) is 11.3 Å². The highest BCUT2D eigenvalue weighted by molar-refractivity contribution is 5.89. The Kier molecular flexibility index (Phi) is 5.92. The van der Waals surface area contributed by atoms with Crippen molar-refractivity contribution in [2.75, 3.05) is 26.2 Å². The van der Waals surface area contributed by atoms with E-state index >= 15 is 0 Å². The van der Waals surface area contributed by atoms with Crippen molar-refractivity contribution in [3.05, 3.63) is 30.1 Å². The van der Waals surface area contributed by atoms with Crippen LogP contribution in [0.2, 0.25) is 0 Å². The van der Waals surface area contributed by atoms with Crippen LogP contribution in [0.15, 0.2) is 24.4 Å². The number of halogens is 3. The maximum absolute atomic E-state index is 12.5. The van der Waals surface area contributed by atoms with Crippen LogP contribution < -0.4 is 0 Å². The Bertz CT molecular complexity index is 699. The molecule has 1 N–H and O–H groups in total. The Labute approximate surface area is 161 Å². The van der Waals surface area contributed by atoms with E-state index < -0.39 is 12.1 Å². The molecule has 3 heterocycles. The lowest BCUT2D eigenvalue weighted by molar-refractivity contribution is -0.192. The molecule has 0 atom stereocenters. The van der Waals surface area contributed by atoms with Gasteiger partial charge in [0.15, 0.2) is 0 Å². The average Bonchev–Trinajstić information content (AvgIpc) is 3.47. The van der Waals surface area contributed by atoms with E-state index in [-0.39, 0.29) is 5.41 Å². The van der Waals surface area contributed by atoms with Crippen LogP contribution in [-0.4, -0.2) is 64.1 Å². The topological polar surface area (TPSA) is 73.7 Å². The van der Waals surface area contributed by atoms with Crippen molar-refractivity contribution in [2.45, 2.75) is 38.4 Å². The third kappa shape index (κ3) is 5.01. The first-order chi connectivity index (χ1) is 13.2. The number of likely N-dealkylation sites (tertiary alicyclic amines) is 2. The summed E-state index contributed by atoms with van der Waals surface area (Å²) in [7, 11) is 0. The van der Waals surface area contributed by atoms with Crippen molar-refractivity contribution >= 4 is 11.9 Å². The number of carboxylic acids is 1. The Hall–Kier alpha value is -2.16. The van der Waals surface area contributed by atoms with Crippen LogP contribution in [0.1, 0.15) is 31.4 Å². The number of alkyl halides is 3. The van der Waals surface area contributed by atoms with Crippen molar-refractivity contribution in [1.29, 1.82) is 0 Å². The highest BCUT2D eigenvalue weighted by atomic mass is 19.4. The monoisotopic (exact) mass is 399 g/mol. The van der Waals surface area contributed by atoms with Gasteiger partial charge in [0.05, 0.1) is 11.1 Å². The first-order valence-corrected chi connectivity index (χ1v) is 9.41. The van der Waals surface area contributed by atoms with Gasteiger partial charge >= 0.3 is 12.1 Å². The molecule has 9 heteroatoms. The zero-order chi connectivity index (χ0) is 20.4. The minimum atomic E-state index is -5.08. The molecule has 0 radical (unpaired) electrons. The fourth-order valence-electron chi connectivity index (χ4n) is 3.74. The molecule has 2 aliphatic heterocycles. The summed E-state index contributed by atoms with van der Waals surface area (Å²) >= 11 is 0. The second kappa shape index (κ2) is 8.06. The van der Waals surface area contributed by atoms with E-state index in [1.54, 1.807) is 0 Å². The molecule has 0 unspecified atom stereocenters. The van der Waals surface area contributed by atoms with E-state index in [0.29, 0.717) is 5.91 Å². The molecule has 2 saturated heterocycles. The molecule has 154 valence electrons. The Balaban J connectivity index is 0.000000279. The van der Waals surface area contributed by atoms with Gasteiger partial charge in [0.2, 0.25) is 5.91 Å². The van der Waals surface area contributed by atoms with Gasteiger partial charge in [-0.2, -0.15) is 13.2 Å². The molecule has 1 amide bonds. The normalized spacial score (nSPS) is 21.7. The summed E-state index contributed by atoms with van der Waals surface area (Å²) in [6, 6.07) is 6.07. The molecule has 3 fully saturated rings. The Morgan fingerprint density at radius 1 is 1.25 bits per heavy atom. The molecule has 28 heavy (non-hydrogen) atoms. The van der Waals surface area contributed by atoms with Crippen LogP contribution in [0, 0.1) is 11.3 Å². The number of hydrogen-bond acceptors (Lipinski definition) is 4. The SMILES string of the molecule is O=C(O)C(F)(F)F.O=C1N(CC2CC2)CC12CCN(Cc1ccccn1)CC2. The van der Waals surface area contributed by atoms with Gasteiger partial charge < -0.3 is 10.0 Å². The molecular formula is C19H24F3N3O3. The maximum Gasteiger partial charge on any atom is 0.490 e. The summed E-state index contributed by atoms with van der Waals surface area (Å²) in [5.74, 6) is -1.50. The van der Waals surface area contributed by atoms with E-state index in [2.05, 4.69) is 20.9 Å². The van der Waals surface area contributed by atoms with Gasteiger partial charge in [-0.1, -0.05) is 6.07 Å². The molecule has 0 bridgehead atoms. The number of carbonyl (C=O) groups is 2. The summed E-state index contributed by atoms with van der Waals surface area (Å²) in [6.45, 7) is 5.01. The van der Waals surface area contributed by atoms with Crippen LogP contribution in [0.3, 0.4) is 0 Å². The van der Waals surface area contributed by atoms with Gasteiger partial charge in [0, 0.05) is 25.8 Å². The summed E-state index contributed by atoms with van der Waals surface area (Å²) < 4.78 is 31.7. The third-order valence-electron chi connectivity index (χ3n) is 5.58. The Morgan fingerprint density at radius 3 is 2.36 bits per heavy atom. The standard InChI is InChI=1S/C17H23N3O.C2HF3O2/c21-16-17(13-20(16)11-14-4-5-14)6-9-19(10-7-17)12-15-3-1-2-8-18-15;3-2(4,5)1(6)7/h1-3,8,14H,4-7,9-13H2;(H,6,7). The number of aromatic nitrogens is 1. The van der Waals surface area contributed by atoms with E-state index in [9.17, 15) is 18.0 Å². The van der Waals surface area contributed by atoms with Crippen LogP contribution in [0.5, 0.6) is 0 Å². The number of aliphatic carboxylic acids is 1. The van der Waals surface area contributed by atoms with Crippen LogP contribution in [0.25, 0.3) is 0 Å². The van der Waals surface area contributed by atoms with Crippen LogP contribution in [0.4, 0.5) is 13.2 Å². The van der Waals surface area contributed by atoms with Gasteiger partial charge in [0.1, 0.15) is 0 Å². The van der Waals surface area contributed by atoms with Crippen molar-refractivity contribution < 1.29 is 27.9 Å². The number of carboxylic acid groups (broad SMARTS) is 1. The summed E-state index contributed by atoms with van der Waals surface area (Å²) in [5.41, 5.74) is 1.12. The molecule has 0 aromatic carbocycles. The summed E-state index contributed by atoms with van der Waals surface area (Å²) in [4.78, 5) is 30.3. The number of carbonyl (C=O) groups excluding carboxylic acids is 1. The first kappa shape index (κ1) is 20.6. The lowest BCUT2D eigenvalue weighted by Gasteiger charge is -2.52. The quantitative estimate of drug-likeness (QED) is 0.788. The number of pyridine rings is 1. The predicted octanol–water partition coefficient (Wildman–Crippen LogP) is 2.55. The summed E-state index contributed by atoms with van der Waals surface area (Å²) in [5, 5.41) is 7.12. The lowest BCUT2D eigenvalue weighted by atomic mass is 9.71. The smallest absolute Gasteiger partial charge is 0.475 e. The van der Waals surface area contributed by atoms with E-state index in [1.807, 2.05) is 18.3 Å². The minimum absolute atomic E-state index is 0.00446. The molecule has 1 spiro atoms. The number of amides is 1. The van der Waals surface area contributed by atoms with Gasteiger partial charge in [-0.15, -0.1) is 0 Å². The lowest BCUT2D eigenvalue weighted by Crippen LogP contribution is -2.64.